The molecule has 1 aromatic carbocycles. The zero-order valence-electron chi connectivity index (χ0n) is 14.7. The van der Waals surface area contributed by atoms with Crippen molar-refractivity contribution in [2.45, 2.75) is 18.4 Å². The number of rotatable bonds is 7. The number of benzene rings is 1. The van der Waals surface area contributed by atoms with Gasteiger partial charge in [-0.05, 0) is 19.1 Å². The number of hydrogen-bond donors (Lipinski definition) is 2. The molecular weight excluding hydrogens is 364 g/mol. The number of thioether (sulfide) groups is 1. The lowest BCUT2D eigenvalue weighted by Crippen LogP contribution is -2.25. The maximum Gasteiger partial charge on any atom is 0.231 e. The molecule has 0 saturated carbocycles. The molecule has 4 rings (SSSR count). The molecule has 8 nitrogen and oxygen atoms in total. The van der Waals surface area contributed by atoms with Crippen LogP contribution in [0.15, 0.2) is 47.5 Å². The second-order valence-electron chi connectivity index (χ2n) is 5.75. The summed E-state index contributed by atoms with van der Waals surface area (Å²) in [5.41, 5.74) is 1.67. The number of ether oxygens (including phenoxy) is 1. The van der Waals surface area contributed by atoms with Gasteiger partial charge in [0.2, 0.25) is 11.8 Å². The topological polar surface area (TPSA) is 97.2 Å². The van der Waals surface area contributed by atoms with Crippen LogP contribution in [0.1, 0.15) is 12.7 Å². The second kappa shape index (κ2) is 7.67. The van der Waals surface area contributed by atoms with Gasteiger partial charge in [0.15, 0.2) is 11.5 Å². The lowest BCUT2D eigenvalue weighted by molar-refractivity contribution is -0.118. The second-order valence-corrected chi connectivity index (χ2v) is 6.77. The van der Waals surface area contributed by atoms with E-state index in [0.717, 1.165) is 15.8 Å². The Balaban J connectivity index is 1.38. The highest BCUT2D eigenvalue weighted by atomic mass is 32.2. The van der Waals surface area contributed by atoms with Gasteiger partial charge >= 0.3 is 0 Å². The molecule has 9 heteroatoms. The number of carbonyl (C=O) groups excluding carboxylic acids is 1. The third-order valence-electron chi connectivity index (χ3n) is 3.95. The Bertz CT molecular complexity index is 1090. The number of nitrogens with zero attached hydrogens (tertiary/aromatic N) is 4. The van der Waals surface area contributed by atoms with Crippen LogP contribution >= 0.6 is 11.8 Å². The molecule has 27 heavy (non-hydrogen) atoms. The Morgan fingerprint density at radius 3 is 3.04 bits per heavy atom. The lowest BCUT2D eigenvalue weighted by Gasteiger charge is -2.05. The fourth-order valence-corrected chi connectivity index (χ4v) is 3.55. The van der Waals surface area contributed by atoms with Gasteiger partial charge in [-0.2, -0.15) is 4.52 Å². The van der Waals surface area contributed by atoms with Crippen molar-refractivity contribution in [3.63, 3.8) is 0 Å². The molecule has 0 aliphatic rings. The average Bonchev–Trinajstić information content (AvgIpc) is 3.29. The molecule has 0 unspecified atom stereocenters. The SMILES string of the molecule is CCOc1ccc2nnc(CNC(=O)CSc3c[nH]c4ccccc34)n2n1. The van der Waals surface area contributed by atoms with Gasteiger partial charge in [-0.25, -0.2) is 0 Å². The number of para-hydroxylation sites is 1. The first kappa shape index (κ1) is 17.3. The highest BCUT2D eigenvalue weighted by molar-refractivity contribution is 8.00. The van der Waals surface area contributed by atoms with Gasteiger partial charge in [0, 0.05) is 28.1 Å². The standard InChI is InChI=1S/C18H18N6O2S/c1-2-26-18-8-7-15-21-22-16(24(15)23-18)10-20-17(25)11-27-14-9-19-13-6-4-3-5-12(13)14/h3-9,19H,2,10-11H2,1H3,(H,20,25). The third-order valence-corrected chi connectivity index (χ3v) is 5.00. The Hall–Kier alpha value is -3.07. The highest BCUT2D eigenvalue weighted by Gasteiger charge is 2.11. The normalized spacial score (nSPS) is 11.1. The molecule has 0 atom stereocenters. The number of fused-ring (bicyclic) bond motifs is 2. The molecule has 2 N–H and O–H groups in total. The number of aromatic amines is 1. The van der Waals surface area contributed by atoms with Crippen LogP contribution in [0.4, 0.5) is 0 Å². The Morgan fingerprint density at radius 2 is 2.15 bits per heavy atom. The summed E-state index contributed by atoms with van der Waals surface area (Å²) < 4.78 is 6.98. The number of nitrogens with one attached hydrogen (secondary N) is 2. The zero-order valence-corrected chi connectivity index (χ0v) is 15.5. The van der Waals surface area contributed by atoms with Crippen molar-refractivity contribution in [2.24, 2.45) is 0 Å². The van der Waals surface area contributed by atoms with E-state index in [1.807, 2.05) is 37.4 Å². The summed E-state index contributed by atoms with van der Waals surface area (Å²) in [6, 6.07) is 11.5. The molecule has 0 aliphatic carbocycles. The van der Waals surface area contributed by atoms with Crippen molar-refractivity contribution in [1.82, 2.24) is 30.1 Å². The monoisotopic (exact) mass is 382 g/mol. The number of carbonyl (C=O) groups is 1. The molecule has 0 radical (unpaired) electrons. The van der Waals surface area contributed by atoms with Gasteiger partial charge in [-0.3, -0.25) is 4.79 Å². The number of H-pyrrole nitrogens is 1. The number of amides is 1. The van der Waals surface area contributed by atoms with Gasteiger partial charge in [0.1, 0.15) is 0 Å². The summed E-state index contributed by atoms with van der Waals surface area (Å²) in [4.78, 5) is 16.5. The predicted molar refractivity (Wildman–Crippen MR) is 103 cm³/mol. The van der Waals surface area contributed by atoms with Crippen molar-refractivity contribution in [3.8, 4) is 5.88 Å². The van der Waals surface area contributed by atoms with Crippen molar-refractivity contribution >= 4 is 34.2 Å². The molecule has 3 aromatic heterocycles. The van der Waals surface area contributed by atoms with E-state index in [1.165, 1.54) is 11.8 Å². The van der Waals surface area contributed by atoms with E-state index in [-0.39, 0.29) is 12.5 Å². The minimum absolute atomic E-state index is 0.0806. The summed E-state index contributed by atoms with van der Waals surface area (Å²) in [5, 5.41) is 16.5. The van der Waals surface area contributed by atoms with Gasteiger partial charge < -0.3 is 15.0 Å². The summed E-state index contributed by atoms with van der Waals surface area (Å²) in [7, 11) is 0. The maximum atomic E-state index is 12.2. The van der Waals surface area contributed by atoms with E-state index in [9.17, 15) is 4.79 Å². The largest absolute Gasteiger partial charge is 0.477 e. The van der Waals surface area contributed by atoms with E-state index >= 15 is 0 Å². The van der Waals surface area contributed by atoms with E-state index in [2.05, 4.69) is 25.6 Å². The third kappa shape index (κ3) is 3.72. The maximum absolute atomic E-state index is 12.2. The molecule has 3 heterocycles. The van der Waals surface area contributed by atoms with Crippen LogP contribution in [-0.4, -0.2) is 43.1 Å². The first-order chi connectivity index (χ1) is 13.2. The molecule has 138 valence electrons. The number of hydrogen-bond acceptors (Lipinski definition) is 6. The summed E-state index contributed by atoms with van der Waals surface area (Å²) in [6.07, 6.45) is 1.92. The van der Waals surface area contributed by atoms with Crippen LogP contribution in [0, 0.1) is 0 Å². The first-order valence-electron chi connectivity index (χ1n) is 8.54. The van der Waals surface area contributed by atoms with Gasteiger partial charge in [-0.15, -0.1) is 27.1 Å². The zero-order chi connectivity index (χ0) is 18.6. The van der Waals surface area contributed by atoms with Gasteiger partial charge in [0.25, 0.3) is 0 Å². The minimum Gasteiger partial charge on any atom is -0.477 e. The molecule has 0 saturated heterocycles. The van der Waals surface area contributed by atoms with Crippen LogP contribution in [0.2, 0.25) is 0 Å². The fourth-order valence-electron chi connectivity index (χ4n) is 2.69. The molecule has 1 amide bonds. The Kier molecular flexibility index (Phi) is 4.93. The lowest BCUT2D eigenvalue weighted by atomic mass is 10.2. The van der Waals surface area contributed by atoms with Crippen LogP contribution in [0.5, 0.6) is 5.88 Å². The minimum atomic E-state index is -0.0806. The van der Waals surface area contributed by atoms with Crippen molar-refractivity contribution in [1.29, 1.82) is 0 Å². The van der Waals surface area contributed by atoms with E-state index in [1.54, 1.807) is 16.6 Å². The van der Waals surface area contributed by atoms with Crippen LogP contribution in [0.25, 0.3) is 16.6 Å². The van der Waals surface area contributed by atoms with E-state index < -0.39 is 0 Å². The summed E-state index contributed by atoms with van der Waals surface area (Å²) in [5.74, 6) is 1.28. The smallest absolute Gasteiger partial charge is 0.231 e. The van der Waals surface area contributed by atoms with E-state index in [4.69, 9.17) is 4.74 Å². The number of aromatic nitrogens is 5. The predicted octanol–water partition coefficient (Wildman–Crippen LogP) is 2.41. The fraction of sp³-hybridized carbons (Fsp3) is 0.222. The van der Waals surface area contributed by atoms with Crippen LogP contribution in [-0.2, 0) is 11.3 Å². The van der Waals surface area contributed by atoms with Crippen LogP contribution in [0.3, 0.4) is 0 Å². The van der Waals surface area contributed by atoms with Crippen LogP contribution < -0.4 is 10.1 Å². The summed E-state index contributed by atoms with van der Waals surface area (Å²) >= 11 is 1.49. The molecule has 4 aromatic rings. The first-order valence-corrected chi connectivity index (χ1v) is 9.53. The molecule has 0 bridgehead atoms. The van der Waals surface area contributed by atoms with Crippen molar-refractivity contribution in [2.75, 3.05) is 12.4 Å². The Labute approximate surface area is 159 Å². The molecule has 0 aliphatic heterocycles. The molecular formula is C18H18N6O2S. The average molecular weight is 382 g/mol. The Morgan fingerprint density at radius 1 is 1.26 bits per heavy atom. The highest BCUT2D eigenvalue weighted by Crippen LogP contribution is 2.27. The van der Waals surface area contributed by atoms with Crippen molar-refractivity contribution < 1.29 is 9.53 Å². The molecule has 0 spiro atoms. The quantitative estimate of drug-likeness (QED) is 0.477. The summed E-state index contributed by atoms with van der Waals surface area (Å²) in [6.45, 7) is 2.67. The van der Waals surface area contributed by atoms with Crippen molar-refractivity contribution in [3.05, 3.63) is 48.4 Å². The molecule has 0 fully saturated rings. The van der Waals surface area contributed by atoms with Gasteiger partial charge in [0.05, 0.1) is 18.9 Å². The van der Waals surface area contributed by atoms with Gasteiger partial charge in [-0.1, -0.05) is 18.2 Å². The van der Waals surface area contributed by atoms with E-state index in [0.29, 0.717) is 29.7 Å².